The van der Waals surface area contributed by atoms with Crippen LogP contribution in [0.25, 0.3) is 0 Å². The van der Waals surface area contributed by atoms with Crippen molar-refractivity contribution in [2.24, 2.45) is 0 Å². The maximum Gasteiger partial charge on any atom is 0.123 e. The predicted molar refractivity (Wildman–Crippen MR) is 70.7 cm³/mol. The highest BCUT2D eigenvalue weighted by Crippen LogP contribution is 2.13. The Kier molecular flexibility index (Phi) is 5.26. The molecule has 4 heteroatoms. The van der Waals surface area contributed by atoms with Crippen molar-refractivity contribution in [3.63, 3.8) is 0 Å². The van der Waals surface area contributed by atoms with Gasteiger partial charge in [0.25, 0.3) is 0 Å². The Hall–Kier alpha value is -1.44. The molecule has 1 aromatic rings. The monoisotopic (exact) mass is 249 g/mol. The average Bonchev–Trinajstić information content (AvgIpc) is 2.32. The van der Waals surface area contributed by atoms with E-state index in [9.17, 15) is 9.65 Å². The van der Waals surface area contributed by atoms with Gasteiger partial charge in [-0.15, -0.1) is 0 Å². The van der Waals surface area contributed by atoms with Crippen LogP contribution in [0.4, 0.5) is 4.39 Å². The molecule has 0 aliphatic carbocycles. The molecule has 0 bridgehead atoms. The molecule has 1 atom stereocenters. The van der Waals surface area contributed by atoms with Crippen molar-refractivity contribution in [2.75, 3.05) is 27.2 Å². The summed E-state index contributed by atoms with van der Waals surface area (Å²) in [6.07, 6.45) is 0.567. The molecule has 0 saturated carbocycles. The summed E-state index contributed by atoms with van der Waals surface area (Å²) < 4.78 is 12.8. The molecule has 98 valence electrons. The van der Waals surface area contributed by atoms with Crippen molar-refractivity contribution in [3.05, 3.63) is 35.6 Å². The van der Waals surface area contributed by atoms with Gasteiger partial charge in [0.1, 0.15) is 11.4 Å². The predicted octanol–water partition coefficient (Wildman–Crippen LogP) is 1.80. The highest BCUT2D eigenvalue weighted by Gasteiger charge is 2.23. The third-order valence-corrected chi connectivity index (χ3v) is 2.79. The molecular weight excluding hydrogens is 229 g/mol. The van der Waals surface area contributed by atoms with Crippen LogP contribution < -0.4 is 5.32 Å². The lowest BCUT2D eigenvalue weighted by atomic mass is 9.94. The summed E-state index contributed by atoms with van der Waals surface area (Å²) >= 11 is 0. The molecule has 1 unspecified atom stereocenters. The van der Waals surface area contributed by atoms with Crippen molar-refractivity contribution in [3.8, 4) is 6.07 Å². The van der Waals surface area contributed by atoms with Gasteiger partial charge in [0.15, 0.2) is 0 Å². The Labute approximate surface area is 108 Å². The van der Waals surface area contributed by atoms with E-state index in [2.05, 4.69) is 16.3 Å². The fourth-order valence-corrected chi connectivity index (χ4v) is 1.71. The number of halogens is 1. The smallest absolute Gasteiger partial charge is 0.123 e. The lowest BCUT2D eigenvalue weighted by Gasteiger charge is -2.24. The number of rotatable bonds is 6. The number of nitriles is 1. The van der Waals surface area contributed by atoms with E-state index in [1.807, 2.05) is 21.0 Å². The molecule has 1 rings (SSSR count). The summed E-state index contributed by atoms with van der Waals surface area (Å²) in [6, 6.07) is 8.58. The van der Waals surface area contributed by atoms with E-state index in [1.54, 1.807) is 12.1 Å². The van der Waals surface area contributed by atoms with E-state index >= 15 is 0 Å². The van der Waals surface area contributed by atoms with Crippen molar-refractivity contribution >= 4 is 0 Å². The minimum Gasteiger partial charge on any atom is -0.308 e. The summed E-state index contributed by atoms with van der Waals surface area (Å²) in [5, 5.41) is 12.5. The van der Waals surface area contributed by atoms with Crippen molar-refractivity contribution in [1.29, 1.82) is 5.26 Å². The van der Waals surface area contributed by atoms with E-state index in [4.69, 9.17) is 0 Å². The first kappa shape index (κ1) is 14.6. The summed E-state index contributed by atoms with van der Waals surface area (Å²) in [5.41, 5.74) is 0.339. The van der Waals surface area contributed by atoms with Gasteiger partial charge in [0.05, 0.1) is 6.07 Å². The zero-order valence-electron chi connectivity index (χ0n) is 11.2. The van der Waals surface area contributed by atoms with Crippen LogP contribution in [0, 0.1) is 17.1 Å². The van der Waals surface area contributed by atoms with Gasteiger partial charge in [-0.1, -0.05) is 12.1 Å². The van der Waals surface area contributed by atoms with Crippen LogP contribution in [0.3, 0.4) is 0 Å². The zero-order valence-corrected chi connectivity index (χ0v) is 11.2. The molecule has 3 nitrogen and oxygen atoms in total. The Balaban J connectivity index is 2.59. The lowest BCUT2D eigenvalue weighted by Crippen LogP contribution is -2.45. The first-order valence-electron chi connectivity index (χ1n) is 6.01. The van der Waals surface area contributed by atoms with Crippen LogP contribution in [0.2, 0.25) is 0 Å². The molecular formula is C14H20FN3. The number of hydrogen-bond acceptors (Lipinski definition) is 3. The molecule has 0 aromatic heterocycles. The minimum absolute atomic E-state index is 0.252. The van der Waals surface area contributed by atoms with Crippen LogP contribution >= 0.6 is 0 Å². The summed E-state index contributed by atoms with van der Waals surface area (Å²) in [4.78, 5) is 2.06. The van der Waals surface area contributed by atoms with Gasteiger partial charge in [-0.05, 0) is 38.7 Å². The molecule has 0 aliphatic heterocycles. The first-order valence-corrected chi connectivity index (χ1v) is 6.01. The molecule has 18 heavy (non-hydrogen) atoms. The fraction of sp³-hybridized carbons (Fsp3) is 0.500. The van der Waals surface area contributed by atoms with E-state index in [0.29, 0.717) is 6.42 Å². The zero-order chi connectivity index (χ0) is 13.6. The molecule has 0 radical (unpaired) electrons. The second-order valence-corrected chi connectivity index (χ2v) is 4.98. The van der Waals surface area contributed by atoms with Gasteiger partial charge in [-0.3, -0.25) is 5.32 Å². The average molecular weight is 249 g/mol. The van der Waals surface area contributed by atoms with Gasteiger partial charge in [-0.2, -0.15) is 5.26 Å². The van der Waals surface area contributed by atoms with Gasteiger partial charge < -0.3 is 4.90 Å². The lowest BCUT2D eigenvalue weighted by molar-refractivity contribution is 0.362. The van der Waals surface area contributed by atoms with E-state index in [-0.39, 0.29) is 5.82 Å². The fourth-order valence-electron chi connectivity index (χ4n) is 1.71. The molecule has 0 heterocycles. The number of benzene rings is 1. The molecule has 0 spiro atoms. The van der Waals surface area contributed by atoms with Crippen molar-refractivity contribution in [1.82, 2.24) is 10.2 Å². The molecule has 1 N–H and O–H groups in total. The van der Waals surface area contributed by atoms with Gasteiger partial charge >= 0.3 is 0 Å². The Morgan fingerprint density at radius 1 is 1.33 bits per heavy atom. The third kappa shape index (κ3) is 4.82. The van der Waals surface area contributed by atoms with Crippen LogP contribution in [-0.2, 0) is 6.42 Å². The van der Waals surface area contributed by atoms with Gasteiger partial charge in [-0.25, -0.2) is 4.39 Å². The SMILES string of the molecule is CN(C)CCNC(C)(C#N)Cc1ccc(F)cc1. The highest BCUT2D eigenvalue weighted by molar-refractivity contribution is 5.22. The largest absolute Gasteiger partial charge is 0.308 e. The molecule has 0 amide bonds. The van der Waals surface area contributed by atoms with E-state index in [0.717, 1.165) is 18.7 Å². The number of likely N-dealkylation sites (N-methyl/N-ethyl adjacent to an activating group) is 1. The van der Waals surface area contributed by atoms with Crippen LogP contribution in [0.15, 0.2) is 24.3 Å². The Morgan fingerprint density at radius 3 is 2.44 bits per heavy atom. The number of nitrogens with one attached hydrogen (secondary N) is 1. The summed E-state index contributed by atoms with van der Waals surface area (Å²) in [6.45, 7) is 3.49. The maximum atomic E-state index is 12.8. The third-order valence-electron chi connectivity index (χ3n) is 2.79. The van der Waals surface area contributed by atoms with Crippen molar-refractivity contribution in [2.45, 2.75) is 18.9 Å². The van der Waals surface area contributed by atoms with Gasteiger partial charge in [0.2, 0.25) is 0 Å². The van der Waals surface area contributed by atoms with Crippen LogP contribution in [0.5, 0.6) is 0 Å². The summed E-state index contributed by atoms with van der Waals surface area (Å²) in [7, 11) is 3.98. The quantitative estimate of drug-likeness (QED) is 0.835. The maximum absolute atomic E-state index is 12.8. The number of hydrogen-bond donors (Lipinski definition) is 1. The van der Waals surface area contributed by atoms with E-state index < -0.39 is 5.54 Å². The van der Waals surface area contributed by atoms with Crippen LogP contribution in [0.1, 0.15) is 12.5 Å². The Morgan fingerprint density at radius 2 is 1.94 bits per heavy atom. The normalized spacial score (nSPS) is 14.2. The van der Waals surface area contributed by atoms with Gasteiger partial charge in [0, 0.05) is 19.5 Å². The molecule has 0 saturated heterocycles. The standard InChI is InChI=1S/C14H20FN3/c1-14(11-16,17-8-9-18(2)3)10-12-4-6-13(15)7-5-12/h4-7,17H,8-10H2,1-3H3. The minimum atomic E-state index is -0.617. The Bertz CT molecular complexity index is 408. The molecule has 0 aliphatic rings. The van der Waals surface area contributed by atoms with Crippen molar-refractivity contribution < 1.29 is 4.39 Å². The second-order valence-electron chi connectivity index (χ2n) is 4.98. The second kappa shape index (κ2) is 6.48. The highest BCUT2D eigenvalue weighted by atomic mass is 19.1. The number of nitrogens with zero attached hydrogens (tertiary/aromatic N) is 2. The summed E-state index contributed by atoms with van der Waals surface area (Å²) in [5.74, 6) is -0.252. The molecule has 0 fully saturated rings. The van der Waals surface area contributed by atoms with E-state index in [1.165, 1.54) is 12.1 Å². The topological polar surface area (TPSA) is 39.1 Å². The molecule has 1 aromatic carbocycles. The van der Waals surface area contributed by atoms with Crippen LogP contribution in [-0.4, -0.2) is 37.6 Å². The first-order chi connectivity index (χ1) is 8.45.